The number of nitrogens with two attached hydrogens (primary N) is 1. The fraction of sp³-hybridized carbons (Fsp3) is 0.625. The van der Waals surface area contributed by atoms with Crippen LogP contribution in [0.2, 0.25) is 0 Å². The minimum atomic E-state index is -0.171. The predicted molar refractivity (Wildman–Crippen MR) is 79.2 cm³/mol. The maximum absolute atomic E-state index is 13.6. The van der Waals surface area contributed by atoms with Crippen LogP contribution in [0.25, 0.3) is 0 Å². The van der Waals surface area contributed by atoms with E-state index >= 15 is 0 Å². The molecule has 4 heteroatoms. The van der Waals surface area contributed by atoms with Crippen molar-refractivity contribution in [2.24, 2.45) is 5.73 Å². The van der Waals surface area contributed by atoms with Crippen molar-refractivity contribution in [2.45, 2.75) is 38.8 Å². The van der Waals surface area contributed by atoms with Crippen LogP contribution in [0.5, 0.6) is 0 Å². The molecule has 1 aliphatic heterocycles. The van der Waals surface area contributed by atoms with Crippen molar-refractivity contribution in [3.8, 4) is 0 Å². The molecule has 0 radical (unpaired) electrons. The summed E-state index contributed by atoms with van der Waals surface area (Å²) >= 11 is 0. The topological polar surface area (TPSA) is 38.5 Å². The molecule has 1 aromatic carbocycles. The minimum absolute atomic E-state index is 0.106. The lowest BCUT2D eigenvalue weighted by atomic mass is 10.0. The van der Waals surface area contributed by atoms with Crippen LogP contribution in [-0.2, 0) is 4.74 Å². The number of benzene rings is 1. The molecule has 2 atom stereocenters. The molecule has 0 bridgehead atoms. The smallest absolute Gasteiger partial charge is 0.126 e. The largest absolute Gasteiger partial charge is 0.378 e. The summed E-state index contributed by atoms with van der Waals surface area (Å²) in [5.41, 5.74) is 7.74. The summed E-state index contributed by atoms with van der Waals surface area (Å²) in [6.45, 7) is 7.47. The highest BCUT2D eigenvalue weighted by molar-refractivity contribution is 5.25. The lowest BCUT2D eigenvalue weighted by Crippen LogP contribution is -2.45. The second kappa shape index (κ2) is 7.16. The first-order valence-corrected chi connectivity index (χ1v) is 7.45. The van der Waals surface area contributed by atoms with Crippen molar-refractivity contribution < 1.29 is 9.13 Å². The van der Waals surface area contributed by atoms with Gasteiger partial charge in [0.25, 0.3) is 0 Å². The SMILES string of the molecule is CCC1COCCN1CCC(N)c1ccc(C)c(F)c1. The summed E-state index contributed by atoms with van der Waals surface area (Å²) in [5, 5.41) is 0. The van der Waals surface area contributed by atoms with Crippen LogP contribution in [0.3, 0.4) is 0 Å². The summed E-state index contributed by atoms with van der Waals surface area (Å²) in [7, 11) is 0. The fourth-order valence-corrected chi connectivity index (χ4v) is 2.67. The predicted octanol–water partition coefficient (Wildman–Crippen LogP) is 2.63. The van der Waals surface area contributed by atoms with Gasteiger partial charge >= 0.3 is 0 Å². The molecule has 1 aliphatic rings. The Morgan fingerprint density at radius 3 is 3.00 bits per heavy atom. The summed E-state index contributed by atoms with van der Waals surface area (Å²) in [4.78, 5) is 2.44. The van der Waals surface area contributed by atoms with Crippen LogP contribution < -0.4 is 5.73 Å². The van der Waals surface area contributed by atoms with Gasteiger partial charge in [-0.1, -0.05) is 19.1 Å². The molecule has 2 unspecified atom stereocenters. The zero-order valence-corrected chi connectivity index (χ0v) is 12.4. The number of halogens is 1. The van der Waals surface area contributed by atoms with Gasteiger partial charge in [0, 0.05) is 25.2 Å². The third-order valence-electron chi connectivity index (χ3n) is 4.17. The monoisotopic (exact) mass is 280 g/mol. The summed E-state index contributed by atoms with van der Waals surface area (Å²) in [6, 6.07) is 5.68. The number of hydrogen-bond donors (Lipinski definition) is 1. The van der Waals surface area contributed by atoms with Gasteiger partial charge in [0.15, 0.2) is 0 Å². The van der Waals surface area contributed by atoms with E-state index in [1.165, 1.54) is 0 Å². The normalized spacial score (nSPS) is 21.9. The average Bonchev–Trinajstić information content (AvgIpc) is 2.47. The van der Waals surface area contributed by atoms with Crippen molar-refractivity contribution >= 4 is 0 Å². The first kappa shape index (κ1) is 15.4. The lowest BCUT2D eigenvalue weighted by molar-refractivity contribution is -0.00964. The van der Waals surface area contributed by atoms with Crippen LogP contribution >= 0.6 is 0 Å². The Labute approximate surface area is 120 Å². The van der Waals surface area contributed by atoms with E-state index in [-0.39, 0.29) is 11.9 Å². The Morgan fingerprint density at radius 1 is 1.50 bits per heavy atom. The highest BCUT2D eigenvalue weighted by atomic mass is 19.1. The molecule has 1 heterocycles. The van der Waals surface area contributed by atoms with Crippen LogP contribution in [0.15, 0.2) is 18.2 Å². The molecule has 0 aromatic heterocycles. The van der Waals surface area contributed by atoms with Gasteiger partial charge in [-0.3, -0.25) is 4.90 Å². The van der Waals surface area contributed by atoms with E-state index in [9.17, 15) is 4.39 Å². The Morgan fingerprint density at radius 2 is 2.30 bits per heavy atom. The number of aryl methyl sites for hydroxylation is 1. The van der Waals surface area contributed by atoms with Gasteiger partial charge in [-0.05, 0) is 37.0 Å². The Hall–Kier alpha value is -0.970. The molecular weight excluding hydrogens is 255 g/mol. The molecule has 0 saturated carbocycles. The number of morpholine rings is 1. The van der Waals surface area contributed by atoms with Crippen molar-refractivity contribution in [2.75, 3.05) is 26.3 Å². The first-order valence-electron chi connectivity index (χ1n) is 7.45. The second-order valence-electron chi connectivity index (χ2n) is 5.58. The van der Waals surface area contributed by atoms with Gasteiger partial charge in [0.05, 0.1) is 13.2 Å². The van der Waals surface area contributed by atoms with Gasteiger partial charge in [0.2, 0.25) is 0 Å². The Balaban J connectivity index is 1.90. The van der Waals surface area contributed by atoms with Crippen molar-refractivity contribution in [1.29, 1.82) is 0 Å². The van der Waals surface area contributed by atoms with E-state index in [0.717, 1.165) is 44.7 Å². The van der Waals surface area contributed by atoms with Gasteiger partial charge in [-0.15, -0.1) is 0 Å². The zero-order valence-electron chi connectivity index (χ0n) is 12.4. The van der Waals surface area contributed by atoms with Crippen molar-refractivity contribution in [3.63, 3.8) is 0 Å². The van der Waals surface area contributed by atoms with E-state index < -0.39 is 0 Å². The van der Waals surface area contributed by atoms with Gasteiger partial charge in [-0.25, -0.2) is 4.39 Å². The third-order valence-corrected chi connectivity index (χ3v) is 4.17. The van der Waals surface area contributed by atoms with E-state index in [2.05, 4.69) is 11.8 Å². The standard InChI is InChI=1S/C16H25FN2O/c1-3-14-11-20-9-8-19(14)7-6-16(18)13-5-4-12(2)15(17)10-13/h4-5,10,14,16H,3,6-9,11,18H2,1-2H3. The van der Waals surface area contributed by atoms with Crippen LogP contribution in [0.1, 0.15) is 36.9 Å². The average molecular weight is 280 g/mol. The van der Waals surface area contributed by atoms with Gasteiger partial charge in [-0.2, -0.15) is 0 Å². The molecule has 1 fully saturated rings. The number of rotatable bonds is 5. The molecule has 20 heavy (non-hydrogen) atoms. The molecule has 1 saturated heterocycles. The number of ether oxygens (including phenoxy) is 1. The summed E-state index contributed by atoms with van der Waals surface area (Å²) in [5.74, 6) is -0.171. The molecule has 2 N–H and O–H groups in total. The van der Waals surface area contributed by atoms with Crippen LogP contribution in [-0.4, -0.2) is 37.2 Å². The highest BCUT2D eigenvalue weighted by Crippen LogP contribution is 2.19. The molecule has 0 amide bonds. The third kappa shape index (κ3) is 3.78. The van der Waals surface area contributed by atoms with E-state index in [4.69, 9.17) is 10.5 Å². The molecule has 2 rings (SSSR count). The quantitative estimate of drug-likeness (QED) is 0.901. The highest BCUT2D eigenvalue weighted by Gasteiger charge is 2.21. The molecule has 112 valence electrons. The Kier molecular flexibility index (Phi) is 5.52. The van der Waals surface area contributed by atoms with E-state index in [1.54, 1.807) is 19.1 Å². The summed E-state index contributed by atoms with van der Waals surface area (Å²) < 4.78 is 19.1. The fourth-order valence-electron chi connectivity index (χ4n) is 2.67. The first-order chi connectivity index (χ1) is 9.61. The second-order valence-corrected chi connectivity index (χ2v) is 5.58. The van der Waals surface area contributed by atoms with E-state index in [1.807, 2.05) is 6.07 Å². The molecule has 1 aromatic rings. The zero-order chi connectivity index (χ0) is 14.5. The summed E-state index contributed by atoms with van der Waals surface area (Å²) in [6.07, 6.45) is 1.94. The lowest BCUT2D eigenvalue weighted by Gasteiger charge is -2.35. The van der Waals surface area contributed by atoms with Gasteiger partial charge in [0.1, 0.15) is 5.82 Å². The molecule has 0 aliphatic carbocycles. The molecule has 0 spiro atoms. The molecular formula is C16H25FN2O. The molecule has 3 nitrogen and oxygen atoms in total. The Bertz CT molecular complexity index is 438. The van der Waals surface area contributed by atoms with Crippen LogP contribution in [0.4, 0.5) is 4.39 Å². The van der Waals surface area contributed by atoms with E-state index in [0.29, 0.717) is 11.6 Å². The maximum Gasteiger partial charge on any atom is 0.126 e. The maximum atomic E-state index is 13.6. The van der Waals surface area contributed by atoms with Crippen LogP contribution in [0, 0.1) is 12.7 Å². The number of nitrogens with zero attached hydrogens (tertiary/aromatic N) is 1. The minimum Gasteiger partial charge on any atom is -0.378 e. The van der Waals surface area contributed by atoms with Crippen molar-refractivity contribution in [1.82, 2.24) is 4.90 Å². The number of hydrogen-bond acceptors (Lipinski definition) is 3. The van der Waals surface area contributed by atoms with Gasteiger partial charge < -0.3 is 10.5 Å². The van der Waals surface area contributed by atoms with Crippen molar-refractivity contribution in [3.05, 3.63) is 35.1 Å².